The van der Waals surface area contributed by atoms with E-state index in [0.29, 0.717) is 40.5 Å². The maximum atomic E-state index is 13.8. The molecule has 36 heavy (non-hydrogen) atoms. The molecule has 186 valence electrons. The highest BCUT2D eigenvalue weighted by Crippen LogP contribution is 2.45. The Morgan fingerprint density at radius 2 is 1.36 bits per heavy atom. The standard InChI is InChI=1S/C13H11ClFNO2.C13H9ClFNO2/c2*14-9-2-1-3-10(15)11(9)12-8(6-17)13(18-16-12)7-4-5-7/h1-3,7,17H,4-6H2;1-3,6-7H,4-5H2. The van der Waals surface area contributed by atoms with Gasteiger partial charge in [0, 0.05) is 17.4 Å². The van der Waals surface area contributed by atoms with Gasteiger partial charge in [0.25, 0.3) is 0 Å². The summed E-state index contributed by atoms with van der Waals surface area (Å²) in [5.41, 5.74) is 1.67. The number of nitrogens with zero attached hydrogens (tertiary/aromatic N) is 2. The first-order valence-electron chi connectivity index (χ1n) is 11.4. The van der Waals surface area contributed by atoms with Gasteiger partial charge in [0.15, 0.2) is 12.0 Å². The van der Waals surface area contributed by atoms with Crippen LogP contribution in [0.4, 0.5) is 8.78 Å². The van der Waals surface area contributed by atoms with Crippen molar-refractivity contribution in [2.75, 3.05) is 0 Å². The van der Waals surface area contributed by atoms with Crippen LogP contribution in [-0.4, -0.2) is 21.7 Å². The molecule has 2 aromatic heterocycles. The van der Waals surface area contributed by atoms with Crippen LogP contribution in [0, 0.1) is 11.6 Å². The Kier molecular flexibility index (Phi) is 6.92. The first kappa shape index (κ1) is 24.6. The zero-order valence-electron chi connectivity index (χ0n) is 18.8. The van der Waals surface area contributed by atoms with Crippen LogP contribution < -0.4 is 0 Å². The Morgan fingerprint density at radius 1 is 0.861 bits per heavy atom. The molecule has 0 saturated heterocycles. The number of halogens is 4. The minimum absolute atomic E-state index is 0.122. The number of aldehydes is 1. The number of rotatable bonds is 6. The van der Waals surface area contributed by atoms with E-state index in [1.807, 2.05) is 0 Å². The van der Waals surface area contributed by atoms with Gasteiger partial charge in [0.05, 0.1) is 33.3 Å². The minimum Gasteiger partial charge on any atom is -0.391 e. The van der Waals surface area contributed by atoms with Gasteiger partial charge >= 0.3 is 0 Å². The molecule has 0 amide bonds. The van der Waals surface area contributed by atoms with Crippen molar-refractivity contribution in [3.63, 3.8) is 0 Å². The number of hydrogen-bond acceptors (Lipinski definition) is 6. The molecule has 2 heterocycles. The van der Waals surface area contributed by atoms with Crippen LogP contribution >= 0.6 is 23.2 Å². The predicted octanol–water partition coefficient (Wildman–Crippen LogP) is 7.33. The third kappa shape index (κ3) is 4.68. The Hall–Kier alpha value is -3.07. The lowest BCUT2D eigenvalue weighted by atomic mass is 10.0. The lowest BCUT2D eigenvalue weighted by Gasteiger charge is -2.04. The molecule has 0 radical (unpaired) electrons. The maximum absolute atomic E-state index is 13.8. The van der Waals surface area contributed by atoms with Crippen molar-refractivity contribution < 1.29 is 27.7 Å². The average molecular weight is 533 g/mol. The van der Waals surface area contributed by atoms with Crippen LogP contribution in [0.3, 0.4) is 0 Å². The average Bonchev–Trinajstić information content (AvgIpc) is 3.80. The molecule has 2 fully saturated rings. The van der Waals surface area contributed by atoms with Gasteiger partial charge < -0.3 is 14.2 Å². The van der Waals surface area contributed by atoms with E-state index in [1.165, 1.54) is 24.3 Å². The first-order valence-corrected chi connectivity index (χ1v) is 12.1. The Balaban J connectivity index is 0.000000148. The maximum Gasteiger partial charge on any atom is 0.155 e. The molecule has 1 N–H and O–H groups in total. The van der Waals surface area contributed by atoms with Crippen molar-refractivity contribution in [1.29, 1.82) is 0 Å². The molecule has 4 aromatic rings. The van der Waals surface area contributed by atoms with Gasteiger partial charge in [-0.05, 0) is 49.9 Å². The molecular formula is C26H20Cl2F2N2O4. The molecule has 0 bridgehead atoms. The summed E-state index contributed by atoms with van der Waals surface area (Å²) >= 11 is 12.0. The van der Waals surface area contributed by atoms with E-state index in [1.54, 1.807) is 12.1 Å². The summed E-state index contributed by atoms with van der Waals surface area (Å²) in [7, 11) is 0. The summed E-state index contributed by atoms with van der Waals surface area (Å²) in [6.45, 7) is -0.227. The van der Waals surface area contributed by atoms with Gasteiger partial charge in [-0.3, -0.25) is 4.79 Å². The summed E-state index contributed by atoms with van der Waals surface area (Å²) in [5, 5.41) is 17.6. The second kappa shape index (κ2) is 10.1. The molecule has 6 rings (SSSR count). The Bertz CT molecular complexity index is 1390. The zero-order chi connectivity index (χ0) is 25.4. The van der Waals surface area contributed by atoms with E-state index in [9.17, 15) is 18.7 Å². The molecule has 0 unspecified atom stereocenters. The predicted molar refractivity (Wildman–Crippen MR) is 129 cm³/mol. The van der Waals surface area contributed by atoms with Crippen molar-refractivity contribution in [3.8, 4) is 22.5 Å². The number of benzene rings is 2. The highest BCUT2D eigenvalue weighted by Gasteiger charge is 2.34. The number of carbonyl (C=O) groups is 1. The first-order chi connectivity index (χ1) is 17.4. The normalized spacial score (nSPS) is 14.9. The van der Waals surface area contributed by atoms with Crippen molar-refractivity contribution in [2.24, 2.45) is 0 Å². The van der Waals surface area contributed by atoms with Crippen LogP contribution in [0.25, 0.3) is 22.5 Å². The lowest BCUT2D eigenvalue weighted by molar-refractivity contribution is 0.112. The van der Waals surface area contributed by atoms with Gasteiger partial charge in [-0.1, -0.05) is 45.6 Å². The van der Waals surface area contributed by atoms with E-state index in [0.717, 1.165) is 25.7 Å². The molecule has 6 nitrogen and oxygen atoms in total. The monoisotopic (exact) mass is 532 g/mol. The number of hydrogen-bond donors (Lipinski definition) is 1. The van der Waals surface area contributed by atoms with Gasteiger partial charge in [0.1, 0.15) is 28.8 Å². The molecule has 2 aromatic carbocycles. The summed E-state index contributed by atoms with van der Waals surface area (Å²) in [4.78, 5) is 11.2. The molecule has 2 saturated carbocycles. The summed E-state index contributed by atoms with van der Waals surface area (Å²) in [6, 6.07) is 8.77. The number of aromatic nitrogens is 2. The fourth-order valence-electron chi connectivity index (χ4n) is 4.03. The highest BCUT2D eigenvalue weighted by molar-refractivity contribution is 6.33. The molecule has 2 aliphatic carbocycles. The third-order valence-corrected chi connectivity index (χ3v) is 6.78. The van der Waals surface area contributed by atoms with E-state index < -0.39 is 11.6 Å². The van der Waals surface area contributed by atoms with E-state index in [-0.39, 0.29) is 39.4 Å². The van der Waals surface area contributed by atoms with Crippen LogP contribution in [0.1, 0.15) is 65.0 Å². The lowest BCUT2D eigenvalue weighted by Crippen LogP contribution is -1.93. The summed E-state index contributed by atoms with van der Waals surface area (Å²) in [6.07, 6.45) is 4.64. The molecular weight excluding hydrogens is 513 g/mol. The molecule has 2 aliphatic rings. The number of aliphatic hydroxyl groups excluding tert-OH is 1. The SMILES string of the molecule is O=Cc1c(-c2c(F)cccc2Cl)noc1C1CC1.OCc1c(-c2c(F)cccc2Cl)noc1C1CC1. The summed E-state index contributed by atoms with van der Waals surface area (Å²) < 4.78 is 38.0. The third-order valence-electron chi connectivity index (χ3n) is 6.15. The summed E-state index contributed by atoms with van der Waals surface area (Å²) in [5.74, 6) is 0.760. The van der Waals surface area contributed by atoms with Gasteiger partial charge in [-0.15, -0.1) is 0 Å². The molecule has 10 heteroatoms. The highest BCUT2D eigenvalue weighted by atomic mass is 35.5. The second-order valence-corrected chi connectivity index (χ2v) is 9.52. The largest absolute Gasteiger partial charge is 0.391 e. The fourth-order valence-corrected chi connectivity index (χ4v) is 4.53. The van der Waals surface area contributed by atoms with E-state index in [2.05, 4.69) is 10.3 Å². The topological polar surface area (TPSA) is 89.4 Å². The quantitative estimate of drug-likeness (QED) is 0.261. The van der Waals surface area contributed by atoms with Crippen molar-refractivity contribution in [1.82, 2.24) is 10.3 Å². The zero-order valence-corrected chi connectivity index (χ0v) is 20.3. The van der Waals surface area contributed by atoms with Gasteiger partial charge in [-0.25, -0.2) is 8.78 Å². The fraction of sp³-hybridized carbons (Fsp3) is 0.269. The second-order valence-electron chi connectivity index (χ2n) is 8.70. The minimum atomic E-state index is -0.513. The van der Waals surface area contributed by atoms with Crippen LogP contribution in [0.15, 0.2) is 45.4 Å². The Morgan fingerprint density at radius 3 is 1.86 bits per heavy atom. The number of aliphatic hydroxyl groups is 1. The molecule has 0 aliphatic heterocycles. The van der Waals surface area contributed by atoms with Crippen molar-refractivity contribution in [2.45, 2.75) is 44.1 Å². The van der Waals surface area contributed by atoms with Crippen LogP contribution in [0.5, 0.6) is 0 Å². The van der Waals surface area contributed by atoms with Gasteiger partial charge in [-0.2, -0.15) is 0 Å². The van der Waals surface area contributed by atoms with Gasteiger partial charge in [0.2, 0.25) is 0 Å². The Labute approximate surface area is 214 Å². The molecule has 0 atom stereocenters. The van der Waals surface area contributed by atoms with Crippen LogP contribution in [-0.2, 0) is 6.61 Å². The number of carbonyl (C=O) groups excluding carboxylic acids is 1. The smallest absolute Gasteiger partial charge is 0.155 e. The van der Waals surface area contributed by atoms with Crippen molar-refractivity contribution in [3.05, 3.63) is 80.7 Å². The van der Waals surface area contributed by atoms with E-state index in [4.69, 9.17) is 32.2 Å². The van der Waals surface area contributed by atoms with Crippen molar-refractivity contribution >= 4 is 29.5 Å². The molecule has 0 spiro atoms. The van der Waals surface area contributed by atoms with E-state index >= 15 is 0 Å². The van der Waals surface area contributed by atoms with Crippen LogP contribution in [0.2, 0.25) is 10.0 Å².